The highest BCUT2D eigenvalue weighted by atomic mass is 32.1. The Labute approximate surface area is 134 Å². The third-order valence-corrected chi connectivity index (χ3v) is 4.11. The van der Waals surface area contributed by atoms with E-state index in [2.05, 4.69) is 0 Å². The Morgan fingerprint density at radius 2 is 1.95 bits per heavy atom. The number of carbonyl (C=O) groups is 2. The van der Waals surface area contributed by atoms with Gasteiger partial charge in [0, 0.05) is 21.4 Å². The molecule has 0 unspecified atom stereocenters. The molecule has 4 heteroatoms. The number of hydrogen-bond donors (Lipinski definition) is 0. The first kappa shape index (κ1) is 16.2. The maximum absolute atomic E-state index is 12.0. The number of ether oxygens (including phenoxy) is 1. The first-order valence-corrected chi connectivity index (χ1v) is 7.79. The van der Waals surface area contributed by atoms with Crippen LogP contribution < -0.4 is 0 Å². The zero-order valence-corrected chi connectivity index (χ0v) is 13.7. The summed E-state index contributed by atoms with van der Waals surface area (Å²) < 4.78 is 5.00. The Morgan fingerprint density at radius 1 is 1.18 bits per heavy atom. The largest absolute Gasteiger partial charge is 0.454 e. The van der Waals surface area contributed by atoms with Crippen molar-refractivity contribution in [2.45, 2.75) is 20.8 Å². The van der Waals surface area contributed by atoms with E-state index in [-0.39, 0.29) is 12.4 Å². The van der Waals surface area contributed by atoms with Gasteiger partial charge in [0.25, 0.3) is 0 Å². The second kappa shape index (κ2) is 7.18. The number of aryl methyl sites for hydroxylation is 3. The van der Waals surface area contributed by atoms with Crippen LogP contribution in [-0.2, 0) is 9.53 Å². The van der Waals surface area contributed by atoms with E-state index in [1.54, 1.807) is 17.4 Å². The normalized spacial score (nSPS) is 10.9. The van der Waals surface area contributed by atoms with E-state index in [0.717, 1.165) is 20.9 Å². The number of carbonyl (C=O) groups excluding carboxylic acids is 2. The Bertz CT molecular complexity index is 726. The molecule has 22 heavy (non-hydrogen) atoms. The molecule has 0 bridgehead atoms. The van der Waals surface area contributed by atoms with Crippen LogP contribution in [0.5, 0.6) is 0 Å². The SMILES string of the molecule is Cc1cccc(/C=C/C(=O)OCC(=O)c2cc(C)sc2C)c1. The predicted octanol–water partition coefficient (Wildman–Crippen LogP) is 4.11. The molecule has 1 heterocycles. The van der Waals surface area contributed by atoms with Gasteiger partial charge in [-0.2, -0.15) is 0 Å². The summed E-state index contributed by atoms with van der Waals surface area (Å²) in [6.07, 6.45) is 3.02. The molecule has 2 aromatic rings. The average Bonchev–Trinajstić information content (AvgIpc) is 2.81. The molecule has 0 fully saturated rings. The van der Waals surface area contributed by atoms with E-state index in [1.165, 1.54) is 6.08 Å². The molecule has 3 nitrogen and oxygen atoms in total. The van der Waals surface area contributed by atoms with E-state index >= 15 is 0 Å². The standard InChI is InChI=1S/C18H18O3S/c1-12-5-4-6-15(9-12)7-8-18(20)21-11-17(19)16-10-13(2)22-14(16)3/h4-10H,11H2,1-3H3/b8-7+. The summed E-state index contributed by atoms with van der Waals surface area (Å²) in [4.78, 5) is 25.7. The zero-order chi connectivity index (χ0) is 16.1. The van der Waals surface area contributed by atoms with Gasteiger partial charge in [-0.15, -0.1) is 11.3 Å². The van der Waals surface area contributed by atoms with Gasteiger partial charge in [-0.05, 0) is 38.5 Å². The van der Waals surface area contributed by atoms with Gasteiger partial charge in [-0.3, -0.25) is 4.79 Å². The van der Waals surface area contributed by atoms with Gasteiger partial charge in [0.2, 0.25) is 5.78 Å². The maximum atomic E-state index is 12.0. The minimum atomic E-state index is -0.514. The summed E-state index contributed by atoms with van der Waals surface area (Å²) in [5.41, 5.74) is 2.68. The van der Waals surface area contributed by atoms with Crippen LogP contribution in [0.3, 0.4) is 0 Å². The second-order valence-corrected chi connectivity index (χ2v) is 6.57. The highest BCUT2D eigenvalue weighted by Crippen LogP contribution is 2.21. The lowest BCUT2D eigenvalue weighted by molar-refractivity contribution is -0.136. The number of rotatable bonds is 5. The summed E-state index contributed by atoms with van der Waals surface area (Å²) in [6, 6.07) is 9.61. The van der Waals surface area contributed by atoms with Crippen LogP contribution >= 0.6 is 11.3 Å². The number of hydrogen-bond acceptors (Lipinski definition) is 4. The Kier molecular flexibility index (Phi) is 5.28. The highest BCUT2D eigenvalue weighted by molar-refractivity contribution is 7.12. The van der Waals surface area contributed by atoms with Crippen molar-refractivity contribution in [2.24, 2.45) is 0 Å². The van der Waals surface area contributed by atoms with Gasteiger partial charge >= 0.3 is 5.97 Å². The number of benzene rings is 1. The van der Waals surface area contributed by atoms with Crippen molar-refractivity contribution in [3.05, 3.63) is 62.9 Å². The highest BCUT2D eigenvalue weighted by Gasteiger charge is 2.13. The first-order chi connectivity index (χ1) is 10.5. The van der Waals surface area contributed by atoms with Gasteiger partial charge in [-0.25, -0.2) is 4.79 Å². The molecule has 0 atom stereocenters. The molecule has 0 aliphatic heterocycles. The molecule has 1 aromatic carbocycles. The van der Waals surface area contributed by atoms with Crippen LogP contribution in [0.1, 0.15) is 31.2 Å². The molecule has 0 saturated carbocycles. The molecule has 0 saturated heterocycles. The molecule has 0 radical (unpaired) electrons. The lowest BCUT2D eigenvalue weighted by Crippen LogP contribution is -2.12. The lowest BCUT2D eigenvalue weighted by Gasteiger charge is -2.01. The smallest absolute Gasteiger partial charge is 0.331 e. The lowest BCUT2D eigenvalue weighted by atomic mass is 10.1. The Hall–Kier alpha value is -2.20. The fourth-order valence-corrected chi connectivity index (χ4v) is 3.05. The van der Waals surface area contributed by atoms with Crippen molar-refractivity contribution in [3.8, 4) is 0 Å². The Balaban J connectivity index is 1.90. The van der Waals surface area contributed by atoms with E-state index in [4.69, 9.17) is 4.74 Å². The van der Waals surface area contributed by atoms with Gasteiger partial charge in [0.05, 0.1) is 0 Å². The van der Waals surface area contributed by atoms with E-state index < -0.39 is 5.97 Å². The average molecular weight is 314 g/mol. The molecule has 114 valence electrons. The van der Waals surface area contributed by atoms with E-state index in [0.29, 0.717) is 5.56 Å². The van der Waals surface area contributed by atoms with Gasteiger partial charge in [-0.1, -0.05) is 29.8 Å². The van der Waals surface area contributed by atoms with Crippen molar-refractivity contribution < 1.29 is 14.3 Å². The van der Waals surface area contributed by atoms with E-state index in [9.17, 15) is 9.59 Å². The molecule has 0 aliphatic rings. The van der Waals surface area contributed by atoms with Gasteiger partial charge < -0.3 is 4.74 Å². The minimum absolute atomic E-state index is 0.167. The van der Waals surface area contributed by atoms with Crippen molar-refractivity contribution >= 4 is 29.2 Å². The first-order valence-electron chi connectivity index (χ1n) is 6.97. The van der Waals surface area contributed by atoms with Crippen molar-refractivity contribution in [2.75, 3.05) is 6.61 Å². The third-order valence-electron chi connectivity index (χ3n) is 3.14. The summed E-state index contributed by atoms with van der Waals surface area (Å²) in [6.45, 7) is 5.60. The second-order valence-electron chi connectivity index (χ2n) is 5.11. The molecule has 0 N–H and O–H groups in total. The van der Waals surface area contributed by atoms with Crippen LogP contribution in [0.2, 0.25) is 0 Å². The van der Waals surface area contributed by atoms with Crippen LogP contribution in [-0.4, -0.2) is 18.4 Å². The fraction of sp³-hybridized carbons (Fsp3) is 0.222. The topological polar surface area (TPSA) is 43.4 Å². The molecule has 0 amide bonds. The zero-order valence-electron chi connectivity index (χ0n) is 12.9. The van der Waals surface area contributed by atoms with Gasteiger partial charge in [0.15, 0.2) is 6.61 Å². The predicted molar refractivity (Wildman–Crippen MR) is 89.3 cm³/mol. The number of ketones is 1. The molecule has 1 aromatic heterocycles. The molecule has 2 rings (SSSR count). The van der Waals surface area contributed by atoms with Gasteiger partial charge in [0.1, 0.15) is 0 Å². The third kappa shape index (κ3) is 4.40. The molecular formula is C18H18O3S. The van der Waals surface area contributed by atoms with Crippen molar-refractivity contribution in [1.29, 1.82) is 0 Å². The van der Waals surface area contributed by atoms with E-state index in [1.807, 2.05) is 51.1 Å². The van der Waals surface area contributed by atoms with Crippen LogP contribution in [0.4, 0.5) is 0 Å². The molecular weight excluding hydrogens is 296 g/mol. The quantitative estimate of drug-likeness (QED) is 0.474. The maximum Gasteiger partial charge on any atom is 0.331 e. The summed E-state index contributed by atoms with van der Waals surface area (Å²) >= 11 is 1.57. The fourth-order valence-electron chi connectivity index (χ4n) is 2.11. The summed E-state index contributed by atoms with van der Waals surface area (Å²) in [7, 11) is 0. The van der Waals surface area contributed by atoms with Crippen LogP contribution in [0.15, 0.2) is 36.4 Å². The molecule has 0 aliphatic carbocycles. The van der Waals surface area contributed by atoms with Crippen molar-refractivity contribution in [3.63, 3.8) is 0 Å². The Morgan fingerprint density at radius 3 is 2.59 bits per heavy atom. The summed E-state index contributed by atoms with van der Waals surface area (Å²) in [5.74, 6) is -0.682. The van der Waals surface area contributed by atoms with Crippen molar-refractivity contribution in [1.82, 2.24) is 0 Å². The number of thiophene rings is 1. The van der Waals surface area contributed by atoms with Crippen LogP contribution in [0, 0.1) is 20.8 Å². The number of esters is 1. The van der Waals surface area contributed by atoms with Crippen LogP contribution in [0.25, 0.3) is 6.08 Å². The minimum Gasteiger partial charge on any atom is -0.454 e. The summed E-state index contributed by atoms with van der Waals surface area (Å²) in [5, 5.41) is 0. The molecule has 0 spiro atoms. The number of Topliss-reactive ketones (excluding diaryl/α,β-unsaturated/α-hetero) is 1. The monoisotopic (exact) mass is 314 g/mol.